The van der Waals surface area contributed by atoms with E-state index in [1.165, 1.54) is 0 Å². The maximum absolute atomic E-state index is 11.1. The third-order valence-corrected chi connectivity index (χ3v) is 3.03. The Kier molecular flexibility index (Phi) is 3.69. The first-order valence-corrected chi connectivity index (χ1v) is 6.39. The molecule has 0 radical (unpaired) electrons. The Balaban J connectivity index is 2.54. The molecule has 0 bridgehead atoms. The lowest BCUT2D eigenvalue weighted by molar-refractivity contribution is 0.0697. The molecule has 0 aliphatic heterocycles. The number of benzene rings is 1. The highest BCUT2D eigenvalue weighted by Crippen LogP contribution is 2.26. The summed E-state index contributed by atoms with van der Waals surface area (Å²) in [7, 11) is 1.89. The van der Waals surface area contributed by atoms with Crippen LogP contribution in [0.5, 0.6) is 0 Å². The fourth-order valence-electron chi connectivity index (χ4n) is 2.26. The summed E-state index contributed by atoms with van der Waals surface area (Å²) in [6.45, 7) is 4.02. The van der Waals surface area contributed by atoms with Gasteiger partial charge in [-0.1, -0.05) is 19.4 Å². The van der Waals surface area contributed by atoms with Crippen molar-refractivity contribution in [2.75, 3.05) is 0 Å². The number of carboxylic acid groups (broad SMARTS) is 1. The quantitative estimate of drug-likeness (QED) is 0.917. The van der Waals surface area contributed by atoms with Gasteiger partial charge in [0.25, 0.3) is 0 Å². The molecule has 2 aromatic rings. The normalized spacial score (nSPS) is 10.7. The summed E-state index contributed by atoms with van der Waals surface area (Å²) in [5.74, 6) is -0.897. The first kappa shape index (κ1) is 13.3. The van der Waals surface area contributed by atoms with Crippen molar-refractivity contribution in [2.45, 2.75) is 26.7 Å². The highest BCUT2D eigenvalue weighted by Gasteiger charge is 2.12. The third-order valence-electron chi connectivity index (χ3n) is 3.03. The van der Waals surface area contributed by atoms with Crippen LogP contribution in [-0.4, -0.2) is 20.9 Å². The second kappa shape index (κ2) is 5.26. The molecule has 4 nitrogen and oxygen atoms in total. The lowest BCUT2D eigenvalue weighted by Gasteiger charge is -2.05. The van der Waals surface area contributed by atoms with E-state index >= 15 is 0 Å². The number of hydrogen-bond donors (Lipinski definition) is 1. The summed E-state index contributed by atoms with van der Waals surface area (Å²) < 4.78 is 1.78. The van der Waals surface area contributed by atoms with E-state index in [2.05, 4.69) is 12.0 Å². The lowest BCUT2D eigenvalue weighted by atomic mass is 9.99. The molecule has 0 unspecified atom stereocenters. The van der Waals surface area contributed by atoms with Gasteiger partial charge < -0.3 is 5.11 Å². The van der Waals surface area contributed by atoms with Crippen LogP contribution in [0.2, 0.25) is 0 Å². The van der Waals surface area contributed by atoms with Gasteiger partial charge in [-0.15, -0.1) is 0 Å². The van der Waals surface area contributed by atoms with Gasteiger partial charge in [0, 0.05) is 18.8 Å². The number of carboxylic acids is 1. The average molecular weight is 258 g/mol. The number of nitrogens with zero attached hydrogens (tertiary/aromatic N) is 2. The lowest BCUT2D eigenvalue weighted by Crippen LogP contribution is -1.98. The highest BCUT2D eigenvalue weighted by atomic mass is 16.4. The standard InChI is InChI=1S/C15H18N2O2/c1-4-5-14-13(9-17(3)16-14)11-6-10(2)7-12(8-11)15(18)19/h6-9H,4-5H2,1-3H3,(H,18,19). The largest absolute Gasteiger partial charge is 0.478 e. The van der Waals surface area contributed by atoms with Crippen LogP contribution in [0.15, 0.2) is 24.4 Å². The summed E-state index contributed by atoms with van der Waals surface area (Å²) in [5.41, 5.74) is 4.24. The van der Waals surface area contributed by atoms with Crippen LogP contribution in [0.1, 0.15) is 35.0 Å². The molecule has 0 spiro atoms. The summed E-state index contributed by atoms with van der Waals surface area (Å²) in [5, 5.41) is 13.6. The van der Waals surface area contributed by atoms with Crippen molar-refractivity contribution in [3.63, 3.8) is 0 Å². The molecular weight excluding hydrogens is 240 g/mol. The Morgan fingerprint density at radius 2 is 2.11 bits per heavy atom. The molecule has 1 heterocycles. The number of carbonyl (C=O) groups is 1. The first-order chi connectivity index (χ1) is 9.01. The number of aromatic carboxylic acids is 1. The van der Waals surface area contributed by atoms with Crippen LogP contribution in [0.3, 0.4) is 0 Å². The molecule has 19 heavy (non-hydrogen) atoms. The second-order valence-corrected chi connectivity index (χ2v) is 4.81. The molecule has 1 aromatic carbocycles. The van der Waals surface area contributed by atoms with Gasteiger partial charge >= 0.3 is 5.97 Å². The third kappa shape index (κ3) is 2.84. The van der Waals surface area contributed by atoms with E-state index in [0.717, 1.165) is 35.2 Å². The monoisotopic (exact) mass is 258 g/mol. The Morgan fingerprint density at radius 1 is 1.37 bits per heavy atom. The van der Waals surface area contributed by atoms with Gasteiger partial charge in [-0.05, 0) is 36.6 Å². The maximum Gasteiger partial charge on any atom is 0.335 e. The van der Waals surface area contributed by atoms with E-state index in [0.29, 0.717) is 5.56 Å². The van der Waals surface area contributed by atoms with E-state index in [1.54, 1.807) is 16.8 Å². The van der Waals surface area contributed by atoms with E-state index < -0.39 is 5.97 Å². The zero-order valence-electron chi connectivity index (χ0n) is 11.5. The predicted molar refractivity (Wildman–Crippen MR) is 74.3 cm³/mol. The van der Waals surface area contributed by atoms with Crippen molar-refractivity contribution in [1.82, 2.24) is 9.78 Å². The van der Waals surface area contributed by atoms with Gasteiger partial charge in [0.15, 0.2) is 0 Å². The molecule has 0 fully saturated rings. The molecule has 0 saturated heterocycles. The summed E-state index contributed by atoms with van der Waals surface area (Å²) in [6, 6.07) is 5.40. The van der Waals surface area contributed by atoms with E-state index in [9.17, 15) is 4.79 Å². The van der Waals surface area contributed by atoms with Gasteiger partial charge in [0.1, 0.15) is 0 Å². The zero-order valence-corrected chi connectivity index (χ0v) is 11.5. The van der Waals surface area contributed by atoms with Gasteiger partial charge in [0.2, 0.25) is 0 Å². The molecule has 100 valence electrons. The van der Waals surface area contributed by atoms with Gasteiger partial charge in [0.05, 0.1) is 11.3 Å². The minimum atomic E-state index is -0.897. The number of aryl methyl sites for hydroxylation is 3. The van der Waals surface area contributed by atoms with Gasteiger partial charge in [-0.25, -0.2) is 4.79 Å². The molecule has 2 rings (SSSR count). The Morgan fingerprint density at radius 3 is 2.74 bits per heavy atom. The SMILES string of the molecule is CCCc1nn(C)cc1-c1cc(C)cc(C(=O)O)c1. The molecule has 4 heteroatoms. The Hall–Kier alpha value is -2.10. The van der Waals surface area contributed by atoms with Crippen LogP contribution in [0.25, 0.3) is 11.1 Å². The summed E-state index contributed by atoms with van der Waals surface area (Å²) in [4.78, 5) is 11.1. The van der Waals surface area contributed by atoms with Crippen LogP contribution in [0, 0.1) is 6.92 Å². The number of aromatic nitrogens is 2. The van der Waals surface area contributed by atoms with Gasteiger partial charge in [-0.3, -0.25) is 4.68 Å². The van der Waals surface area contributed by atoms with Crippen molar-refractivity contribution >= 4 is 5.97 Å². The van der Waals surface area contributed by atoms with Crippen molar-refractivity contribution in [1.29, 1.82) is 0 Å². The van der Waals surface area contributed by atoms with Crippen molar-refractivity contribution in [3.05, 3.63) is 41.2 Å². The second-order valence-electron chi connectivity index (χ2n) is 4.81. The van der Waals surface area contributed by atoms with Crippen molar-refractivity contribution in [2.24, 2.45) is 7.05 Å². The smallest absolute Gasteiger partial charge is 0.335 e. The minimum Gasteiger partial charge on any atom is -0.478 e. The fraction of sp³-hybridized carbons (Fsp3) is 0.333. The molecule has 1 aromatic heterocycles. The van der Waals surface area contributed by atoms with E-state index in [4.69, 9.17) is 5.11 Å². The van der Waals surface area contributed by atoms with Crippen molar-refractivity contribution < 1.29 is 9.90 Å². The Bertz CT molecular complexity index is 615. The van der Waals surface area contributed by atoms with Gasteiger partial charge in [-0.2, -0.15) is 5.10 Å². The fourth-order valence-corrected chi connectivity index (χ4v) is 2.26. The predicted octanol–water partition coefficient (Wildman–Crippen LogP) is 3.05. The number of rotatable bonds is 4. The highest BCUT2D eigenvalue weighted by molar-refractivity contribution is 5.90. The van der Waals surface area contributed by atoms with E-state index in [1.807, 2.05) is 26.2 Å². The maximum atomic E-state index is 11.1. The minimum absolute atomic E-state index is 0.321. The summed E-state index contributed by atoms with van der Waals surface area (Å²) in [6.07, 6.45) is 3.86. The van der Waals surface area contributed by atoms with Crippen LogP contribution in [-0.2, 0) is 13.5 Å². The molecule has 0 aliphatic carbocycles. The molecule has 1 N–H and O–H groups in total. The molecule has 0 saturated carbocycles. The van der Waals surface area contributed by atoms with Crippen LogP contribution < -0.4 is 0 Å². The van der Waals surface area contributed by atoms with Crippen LogP contribution in [0.4, 0.5) is 0 Å². The molecule has 0 aliphatic rings. The van der Waals surface area contributed by atoms with Crippen molar-refractivity contribution in [3.8, 4) is 11.1 Å². The molecule has 0 atom stereocenters. The van der Waals surface area contributed by atoms with Crippen LogP contribution >= 0.6 is 0 Å². The summed E-state index contributed by atoms with van der Waals surface area (Å²) >= 11 is 0. The number of hydrogen-bond acceptors (Lipinski definition) is 2. The average Bonchev–Trinajstić information content (AvgIpc) is 2.70. The van der Waals surface area contributed by atoms with E-state index in [-0.39, 0.29) is 0 Å². The Labute approximate surface area is 112 Å². The zero-order chi connectivity index (χ0) is 14.0. The first-order valence-electron chi connectivity index (χ1n) is 6.39. The topological polar surface area (TPSA) is 55.1 Å². The molecular formula is C15H18N2O2. The molecule has 0 amide bonds.